The number of aromatic nitrogens is 2. The molecule has 0 amide bonds. The van der Waals surface area contributed by atoms with E-state index in [2.05, 4.69) is 218 Å². The van der Waals surface area contributed by atoms with Crippen molar-refractivity contribution < 1.29 is 0 Å². The maximum atomic E-state index is 4.32. The maximum Gasteiger partial charge on any atom is 0.0541 e. The summed E-state index contributed by atoms with van der Waals surface area (Å²) in [6.45, 7) is 4.72. The van der Waals surface area contributed by atoms with E-state index in [1.54, 1.807) is 0 Å². The predicted molar refractivity (Wildman–Crippen MR) is 251 cm³/mol. The van der Waals surface area contributed by atoms with Crippen LogP contribution in [0.5, 0.6) is 0 Å². The maximum absolute atomic E-state index is 4.32. The van der Waals surface area contributed by atoms with Crippen LogP contribution in [0.4, 0.5) is 0 Å². The Bertz CT molecular complexity index is 3160. The van der Waals surface area contributed by atoms with E-state index in [4.69, 9.17) is 0 Å². The van der Waals surface area contributed by atoms with Crippen LogP contribution in [0.3, 0.4) is 0 Å². The zero-order chi connectivity index (χ0) is 40.2. The van der Waals surface area contributed by atoms with Crippen LogP contribution >= 0.6 is 0 Å². The molecule has 0 saturated heterocycles. The van der Waals surface area contributed by atoms with E-state index in [9.17, 15) is 0 Å². The lowest BCUT2D eigenvalue weighted by Gasteiger charge is -2.23. The van der Waals surface area contributed by atoms with E-state index in [-0.39, 0.29) is 11.3 Å². The van der Waals surface area contributed by atoms with Crippen molar-refractivity contribution >= 4 is 21.8 Å². The molecule has 0 spiro atoms. The predicted octanol–water partition coefficient (Wildman–Crippen LogP) is 14.9. The van der Waals surface area contributed by atoms with Crippen LogP contribution in [0, 0.1) is 0 Å². The number of para-hydroxylation sites is 1. The van der Waals surface area contributed by atoms with Crippen LogP contribution in [0.2, 0.25) is 0 Å². The highest BCUT2D eigenvalue weighted by molar-refractivity contribution is 6.10. The molecule has 10 aromatic rings. The van der Waals surface area contributed by atoms with Gasteiger partial charge in [0.2, 0.25) is 0 Å². The van der Waals surface area contributed by atoms with Gasteiger partial charge in [0.05, 0.1) is 11.0 Å². The van der Waals surface area contributed by atoms with Crippen LogP contribution in [0.15, 0.2) is 213 Å². The number of rotatable bonds is 8. The highest BCUT2D eigenvalue weighted by Crippen LogP contribution is 2.49. The minimum Gasteiger partial charge on any atom is -0.309 e. The van der Waals surface area contributed by atoms with Gasteiger partial charge >= 0.3 is 0 Å². The molecule has 11 rings (SSSR count). The van der Waals surface area contributed by atoms with Crippen molar-refractivity contribution in [2.24, 2.45) is 0 Å². The van der Waals surface area contributed by atoms with E-state index in [1.807, 2.05) is 18.5 Å². The molecule has 0 radical (unpaired) electrons. The Kier molecular flexibility index (Phi) is 8.67. The summed E-state index contributed by atoms with van der Waals surface area (Å²) in [7, 11) is 0. The monoisotopic (exact) mass is 768 g/mol. The van der Waals surface area contributed by atoms with Crippen LogP contribution in [0.1, 0.15) is 47.6 Å². The minimum atomic E-state index is -0.0206. The number of hydrogen-bond donors (Lipinski definition) is 0. The molecule has 0 aliphatic heterocycles. The molecule has 1 aliphatic rings. The molecule has 8 aromatic carbocycles. The van der Waals surface area contributed by atoms with Gasteiger partial charge in [0.25, 0.3) is 0 Å². The number of nitrogens with zero attached hydrogens (tertiary/aromatic N) is 2. The standard InChI is InChI=1S/C58H44N2/c1-58(2)54-16-8-6-14-49(54)52-37-46(28-32-55(52)58)51(35-39-18-20-41(21-19-39)40-11-4-3-5-12-40)44-24-22-42(23-25-44)45-29-33-57-53(36-45)50-15-7-9-17-56(50)60(57)48-30-26-43(27-31-48)47-13-10-34-59-38-47/h3-34,36-38,51H,35H2,1-2H3. The van der Waals surface area contributed by atoms with Crippen molar-refractivity contribution in [1.29, 1.82) is 0 Å². The largest absolute Gasteiger partial charge is 0.309 e. The first-order valence-electron chi connectivity index (χ1n) is 21.0. The molecule has 1 atom stereocenters. The van der Waals surface area contributed by atoms with Gasteiger partial charge in [0.15, 0.2) is 0 Å². The quantitative estimate of drug-likeness (QED) is 0.151. The number of pyridine rings is 1. The summed E-state index contributed by atoms with van der Waals surface area (Å²) in [6.07, 6.45) is 4.64. The molecule has 1 aliphatic carbocycles. The molecule has 2 heterocycles. The molecule has 2 nitrogen and oxygen atoms in total. The molecule has 2 aromatic heterocycles. The lowest BCUT2D eigenvalue weighted by atomic mass is 9.80. The third-order valence-corrected chi connectivity index (χ3v) is 13.0. The minimum absolute atomic E-state index is 0.0206. The van der Waals surface area contributed by atoms with Gasteiger partial charge in [-0.25, -0.2) is 0 Å². The number of benzene rings is 8. The van der Waals surface area contributed by atoms with Gasteiger partial charge in [-0.15, -0.1) is 0 Å². The molecule has 0 bridgehead atoms. The molecular formula is C58H44N2. The second-order valence-electron chi connectivity index (χ2n) is 16.8. The van der Waals surface area contributed by atoms with Gasteiger partial charge in [0.1, 0.15) is 0 Å². The Hall–Kier alpha value is -7.29. The fourth-order valence-corrected chi connectivity index (χ4v) is 9.76. The van der Waals surface area contributed by atoms with E-state index >= 15 is 0 Å². The number of fused-ring (bicyclic) bond motifs is 6. The third kappa shape index (κ3) is 6.15. The average molecular weight is 769 g/mol. The first-order valence-corrected chi connectivity index (χ1v) is 21.0. The summed E-state index contributed by atoms with van der Waals surface area (Å²) < 4.78 is 2.39. The van der Waals surface area contributed by atoms with Gasteiger partial charge < -0.3 is 4.57 Å². The third-order valence-electron chi connectivity index (χ3n) is 13.0. The van der Waals surface area contributed by atoms with E-state index in [0.29, 0.717) is 0 Å². The van der Waals surface area contributed by atoms with Gasteiger partial charge in [-0.2, -0.15) is 0 Å². The van der Waals surface area contributed by atoms with Crippen molar-refractivity contribution in [2.75, 3.05) is 0 Å². The Labute approximate surface area is 352 Å². The normalized spacial score (nSPS) is 13.3. The molecule has 0 N–H and O–H groups in total. The fraction of sp³-hybridized carbons (Fsp3) is 0.0862. The Balaban J connectivity index is 0.958. The Morgan fingerprint density at radius 1 is 0.450 bits per heavy atom. The van der Waals surface area contributed by atoms with Crippen LogP contribution in [-0.2, 0) is 11.8 Å². The summed E-state index contributed by atoms with van der Waals surface area (Å²) in [5, 5.41) is 2.50. The lowest BCUT2D eigenvalue weighted by Crippen LogP contribution is -2.15. The second-order valence-corrected chi connectivity index (χ2v) is 16.8. The summed E-state index contributed by atoms with van der Waals surface area (Å²) >= 11 is 0. The van der Waals surface area contributed by atoms with Gasteiger partial charge in [-0.1, -0.05) is 178 Å². The lowest BCUT2D eigenvalue weighted by molar-refractivity contribution is 0.659. The summed E-state index contributed by atoms with van der Waals surface area (Å²) in [5.41, 5.74) is 20.3. The molecule has 286 valence electrons. The number of hydrogen-bond acceptors (Lipinski definition) is 1. The Morgan fingerprint density at radius 2 is 1.05 bits per heavy atom. The summed E-state index contributed by atoms with van der Waals surface area (Å²) in [4.78, 5) is 4.32. The molecule has 0 saturated carbocycles. The van der Waals surface area contributed by atoms with Crippen LogP contribution < -0.4 is 0 Å². The van der Waals surface area contributed by atoms with Crippen LogP contribution in [0.25, 0.3) is 72.0 Å². The van der Waals surface area contributed by atoms with Crippen LogP contribution in [-0.4, -0.2) is 9.55 Å². The molecule has 60 heavy (non-hydrogen) atoms. The second kappa shape index (κ2) is 14.5. The molecule has 2 heteroatoms. The van der Waals surface area contributed by atoms with E-state index in [1.165, 1.54) is 83.0 Å². The smallest absolute Gasteiger partial charge is 0.0541 e. The molecular weight excluding hydrogens is 725 g/mol. The van der Waals surface area contributed by atoms with Gasteiger partial charge in [-0.3, -0.25) is 4.98 Å². The molecule has 0 fully saturated rings. The van der Waals surface area contributed by atoms with Gasteiger partial charge in [0, 0.05) is 40.2 Å². The summed E-state index contributed by atoms with van der Waals surface area (Å²) in [5.74, 6) is 0.188. The summed E-state index contributed by atoms with van der Waals surface area (Å²) in [6, 6.07) is 74.0. The fourth-order valence-electron chi connectivity index (χ4n) is 9.76. The van der Waals surface area contributed by atoms with Gasteiger partial charge in [-0.05, 0) is 115 Å². The van der Waals surface area contributed by atoms with Crippen molar-refractivity contribution in [3.8, 4) is 50.2 Å². The van der Waals surface area contributed by atoms with E-state index < -0.39 is 0 Å². The van der Waals surface area contributed by atoms with Crippen molar-refractivity contribution in [2.45, 2.75) is 31.6 Å². The van der Waals surface area contributed by atoms with E-state index in [0.717, 1.165) is 23.2 Å². The first-order chi connectivity index (χ1) is 29.5. The molecule has 1 unspecified atom stereocenters. The van der Waals surface area contributed by atoms with Crippen molar-refractivity contribution in [3.05, 3.63) is 240 Å². The average Bonchev–Trinajstić information content (AvgIpc) is 3.76. The highest BCUT2D eigenvalue weighted by Gasteiger charge is 2.35. The zero-order valence-electron chi connectivity index (χ0n) is 33.9. The topological polar surface area (TPSA) is 17.8 Å². The highest BCUT2D eigenvalue weighted by atomic mass is 15.0. The SMILES string of the molecule is CC1(C)c2ccccc2-c2cc(C(Cc3ccc(-c4ccccc4)cc3)c3ccc(-c4ccc5c(c4)c4ccccc4n5-c4ccc(-c5cccnc5)cc4)cc3)ccc21. The first kappa shape index (κ1) is 35.8. The Morgan fingerprint density at radius 3 is 1.85 bits per heavy atom. The van der Waals surface area contributed by atoms with Crippen molar-refractivity contribution in [1.82, 2.24) is 9.55 Å². The zero-order valence-corrected chi connectivity index (χ0v) is 33.9. The van der Waals surface area contributed by atoms with Crippen molar-refractivity contribution in [3.63, 3.8) is 0 Å².